The van der Waals surface area contributed by atoms with Crippen LogP contribution in [0.25, 0.3) is 0 Å². The largest absolute Gasteiger partial charge is 0.346 e. The Morgan fingerprint density at radius 3 is 2.38 bits per heavy atom. The zero-order valence-corrected chi connectivity index (χ0v) is 18.6. The van der Waals surface area contributed by atoms with Crippen LogP contribution in [-0.2, 0) is 10.0 Å². The summed E-state index contributed by atoms with van der Waals surface area (Å²) >= 11 is 12.0. The molecule has 1 amide bonds. The highest BCUT2D eigenvalue weighted by Gasteiger charge is 2.28. The molecule has 1 saturated heterocycles. The summed E-state index contributed by atoms with van der Waals surface area (Å²) in [7, 11) is -1.68. The van der Waals surface area contributed by atoms with E-state index in [1.165, 1.54) is 16.4 Å². The first kappa shape index (κ1) is 22.1. The second-order valence-corrected chi connectivity index (χ2v) is 9.86. The smallest absolute Gasteiger partial charge is 0.251 e. The van der Waals surface area contributed by atoms with Gasteiger partial charge in [0, 0.05) is 31.7 Å². The molecule has 2 aromatic carbocycles. The Bertz CT molecular complexity index is 1010. The van der Waals surface area contributed by atoms with E-state index < -0.39 is 10.0 Å². The molecule has 156 valence electrons. The van der Waals surface area contributed by atoms with E-state index in [4.69, 9.17) is 23.2 Å². The van der Waals surface area contributed by atoms with E-state index in [0.717, 1.165) is 5.56 Å². The summed E-state index contributed by atoms with van der Waals surface area (Å²) in [4.78, 5) is 14.9. The molecule has 1 aliphatic heterocycles. The zero-order valence-electron chi connectivity index (χ0n) is 16.2. The number of benzene rings is 2. The Morgan fingerprint density at radius 2 is 1.72 bits per heavy atom. The SMILES string of the molecule is CC(NC(=O)c1cccc(S(=O)(=O)N2CCN(C)CC2)c1)c1ccc(Cl)c(Cl)c1. The predicted molar refractivity (Wildman–Crippen MR) is 115 cm³/mol. The van der Waals surface area contributed by atoms with E-state index in [1.54, 1.807) is 30.3 Å². The molecule has 2 aromatic rings. The van der Waals surface area contributed by atoms with Gasteiger partial charge in [-0.15, -0.1) is 0 Å². The summed E-state index contributed by atoms with van der Waals surface area (Å²) in [5.41, 5.74) is 1.08. The van der Waals surface area contributed by atoms with E-state index in [1.807, 2.05) is 14.0 Å². The van der Waals surface area contributed by atoms with Gasteiger partial charge in [-0.3, -0.25) is 4.79 Å². The molecule has 9 heteroatoms. The number of nitrogens with one attached hydrogen (secondary N) is 1. The molecule has 6 nitrogen and oxygen atoms in total. The Morgan fingerprint density at radius 1 is 1.03 bits per heavy atom. The molecule has 0 saturated carbocycles. The third-order valence-electron chi connectivity index (χ3n) is 4.99. The van der Waals surface area contributed by atoms with Crippen LogP contribution in [0.3, 0.4) is 0 Å². The Kier molecular flexibility index (Phi) is 6.86. The Balaban J connectivity index is 1.76. The second-order valence-electron chi connectivity index (χ2n) is 7.10. The fourth-order valence-corrected chi connectivity index (χ4v) is 4.90. The van der Waals surface area contributed by atoms with Crippen LogP contribution in [0.1, 0.15) is 28.9 Å². The summed E-state index contributed by atoms with van der Waals surface area (Å²) in [6.07, 6.45) is 0. The van der Waals surface area contributed by atoms with Crippen molar-refractivity contribution < 1.29 is 13.2 Å². The number of carbonyl (C=O) groups excluding carboxylic acids is 1. The van der Waals surface area contributed by atoms with E-state index in [9.17, 15) is 13.2 Å². The molecule has 1 unspecified atom stereocenters. The van der Waals surface area contributed by atoms with Crippen molar-refractivity contribution in [2.45, 2.75) is 17.9 Å². The Labute approximate surface area is 181 Å². The standard InChI is InChI=1S/C20H23Cl2N3O3S/c1-14(15-6-7-18(21)19(22)13-15)23-20(26)16-4-3-5-17(12-16)29(27,28)25-10-8-24(2)9-11-25/h3-7,12-14H,8-11H2,1-2H3,(H,23,26). The maximum atomic E-state index is 12.9. The van der Waals surface area contributed by atoms with Crippen LogP contribution in [-0.4, -0.2) is 56.8 Å². The van der Waals surface area contributed by atoms with Gasteiger partial charge in [0.05, 0.1) is 21.0 Å². The highest BCUT2D eigenvalue weighted by Crippen LogP contribution is 2.26. The second kappa shape index (κ2) is 9.02. The first-order valence-electron chi connectivity index (χ1n) is 9.23. The van der Waals surface area contributed by atoms with Crippen molar-refractivity contribution in [1.82, 2.24) is 14.5 Å². The summed E-state index contributed by atoms with van der Waals surface area (Å²) in [6.45, 7) is 4.05. The molecule has 1 fully saturated rings. The fraction of sp³-hybridized carbons (Fsp3) is 0.350. The summed E-state index contributed by atoms with van der Waals surface area (Å²) in [6, 6.07) is 11.0. The van der Waals surface area contributed by atoms with Crippen LogP contribution >= 0.6 is 23.2 Å². The normalized spacial score (nSPS) is 17.1. The van der Waals surface area contributed by atoms with Crippen molar-refractivity contribution in [3.05, 3.63) is 63.6 Å². The minimum Gasteiger partial charge on any atom is -0.346 e. The molecule has 1 aliphatic rings. The van der Waals surface area contributed by atoms with Crippen molar-refractivity contribution in [3.63, 3.8) is 0 Å². The number of sulfonamides is 1. The van der Waals surface area contributed by atoms with Crippen molar-refractivity contribution in [2.75, 3.05) is 33.2 Å². The molecule has 1 atom stereocenters. The van der Waals surface area contributed by atoms with Gasteiger partial charge in [-0.05, 0) is 49.9 Å². The maximum absolute atomic E-state index is 12.9. The minimum atomic E-state index is -3.64. The number of carbonyl (C=O) groups is 1. The van der Waals surface area contributed by atoms with Crippen LogP contribution in [0.5, 0.6) is 0 Å². The highest BCUT2D eigenvalue weighted by atomic mass is 35.5. The molecule has 3 rings (SSSR count). The monoisotopic (exact) mass is 455 g/mol. The van der Waals surface area contributed by atoms with Gasteiger partial charge < -0.3 is 10.2 Å². The molecule has 29 heavy (non-hydrogen) atoms. The third-order valence-corrected chi connectivity index (χ3v) is 7.62. The number of rotatable bonds is 5. The van der Waals surface area contributed by atoms with Gasteiger partial charge in [0.1, 0.15) is 0 Å². The lowest BCUT2D eigenvalue weighted by atomic mass is 10.1. The number of piperazine rings is 1. The number of nitrogens with zero attached hydrogens (tertiary/aromatic N) is 2. The van der Waals surface area contributed by atoms with Crippen LogP contribution in [0.4, 0.5) is 0 Å². The lowest BCUT2D eigenvalue weighted by Crippen LogP contribution is -2.47. The van der Waals surface area contributed by atoms with E-state index >= 15 is 0 Å². The Hall–Kier alpha value is -1.64. The molecule has 1 heterocycles. The van der Waals surface area contributed by atoms with Gasteiger partial charge in [-0.1, -0.05) is 35.3 Å². The average Bonchev–Trinajstić information content (AvgIpc) is 2.70. The zero-order chi connectivity index (χ0) is 21.2. The first-order chi connectivity index (χ1) is 13.7. The molecule has 0 aliphatic carbocycles. The molecular formula is C20H23Cl2N3O3S. The topological polar surface area (TPSA) is 69.7 Å². The van der Waals surface area contributed by atoms with Gasteiger partial charge >= 0.3 is 0 Å². The number of likely N-dealkylation sites (N-methyl/N-ethyl adjacent to an activating group) is 1. The maximum Gasteiger partial charge on any atom is 0.251 e. The van der Waals surface area contributed by atoms with Gasteiger partial charge in [0.15, 0.2) is 0 Å². The third kappa shape index (κ3) is 5.10. The fourth-order valence-electron chi connectivity index (χ4n) is 3.12. The van der Waals surface area contributed by atoms with Crippen LogP contribution in [0, 0.1) is 0 Å². The van der Waals surface area contributed by atoms with Crippen molar-refractivity contribution in [1.29, 1.82) is 0 Å². The molecule has 0 aromatic heterocycles. The summed E-state index contributed by atoms with van der Waals surface area (Å²) < 4.78 is 27.3. The molecule has 0 bridgehead atoms. The number of amides is 1. The number of halogens is 2. The van der Waals surface area contributed by atoms with Crippen molar-refractivity contribution in [3.8, 4) is 0 Å². The predicted octanol–water partition coefficient (Wildman–Crippen LogP) is 3.42. The van der Waals surface area contributed by atoms with Crippen molar-refractivity contribution >= 4 is 39.1 Å². The van der Waals surface area contributed by atoms with E-state index in [2.05, 4.69) is 10.2 Å². The van der Waals surface area contributed by atoms with Gasteiger partial charge in [0.25, 0.3) is 5.91 Å². The quantitative estimate of drug-likeness (QED) is 0.749. The summed E-state index contributed by atoms with van der Waals surface area (Å²) in [5.74, 6) is -0.362. The molecule has 1 N–H and O–H groups in total. The van der Waals surface area contributed by atoms with Crippen LogP contribution in [0.2, 0.25) is 10.0 Å². The highest BCUT2D eigenvalue weighted by molar-refractivity contribution is 7.89. The van der Waals surface area contributed by atoms with E-state index in [-0.39, 0.29) is 22.4 Å². The van der Waals surface area contributed by atoms with Crippen molar-refractivity contribution in [2.24, 2.45) is 0 Å². The van der Waals surface area contributed by atoms with Gasteiger partial charge in [-0.2, -0.15) is 4.31 Å². The molecular weight excluding hydrogens is 433 g/mol. The molecule has 0 radical (unpaired) electrons. The van der Waals surface area contributed by atoms with Crippen LogP contribution < -0.4 is 5.32 Å². The summed E-state index contributed by atoms with van der Waals surface area (Å²) in [5, 5.41) is 3.72. The van der Waals surface area contributed by atoms with E-state index in [0.29, 0.717) is 36.2 Å². The lowest BCUT2D eigenvalue weighted by molar-refractivity contribution is 0.0939. The van der Waals surface area contributed by atoms with Gasteiger partial charge in [0.2, 0.25) is 10.0 Å². The first-order valence-corrected chi connectivity index (χ1v) is 11.4. The average molecular weight is 456 g/mol. The number of hydrogen-bond donors (Lipinski definition) is 1. The minimum absolute atomic E-state index is 0.122. The molecule has 0 spiro atoms. The number of hydrogen-bond acceptors (Lipinski definition) is 4. The lowest BCUT2D eigenvalue weighted by Gasteiger charge is -2.31. The van der Waals surface area contributed by atoms with Crippen LogP contribution in [0.15, 0.2) is 47.4 Å². The van der Waals surface area contributed by atoms with Gasteiger partial charge in [-0.25, -0.2) is 8.42 Å².